The summed E-state index contributed by atoms with van der Waals surface area (Å²) in [6.07, 6.45) is 7.74. The minimum absolute atomic E-state index is 0.0201. The number of thiazole rings is 1. The lowest BCUT2D eigenvalue weighted by Crippen LogP contribution is -2.45. The topological polar surface area (TPSA) is 91.4 Å². The maximum Gasteiger partial charge on any atom is 0.241 e. The number of nitrogens with zero attached hydrogens (tertiary/aromatic N) is 2. The Bertz CT molecular complexity index is 691. The van der Waals surface area contributed by atoms with Gasteiger partial charge in [-0.15, -0.1) is 11.3 Å². The second-order valence-corrected chi connectivity index (χ2v) is 8.78. The van der Waals surface area contributed by atoms with E-state index in [9.17, 15) is 14.4 Å². The lowest BCUT2D eigenvalue weighted by atomic mass is 9.87. The number of amides is 3. The SMILES string of the molecule is Cc1csc(NC(=O)C2CCN(C(=O)CNC(=O)CC3CCCCC3)CC2)n1. The van der Waals surface area contributed by atoms with Crippen molar-refractivity contribution in [3.63, 3.8) is 0 Å². The lowest BCUT2D eigenvalue weighted by molar-refractivity contribution is -0.135. The van der Waals surface area contributed by atoms with E-state index in [0.29, 0.717) is 43.4 Å². The van der Waals surface area contributed by atoms with Crippen molar-refractivity contribution in [1.29, 1.82) is 0 Å². The van der Waals surface area contributed by atoms with Crippen molar-refractivity contribution < 1.29 is 14.4 Å². The van der Waals surface area contributed by atoms with Gasteiger partial charge in [-0.05, 0) is 38.5 Å². The lowest BCUT2D eigenvalue weighted by Gasteiger charge is -2.31. The first-order valence-corrected chi connectivity index (χ1v) is 11.2. The third kappa shape index (κ3) is 6.02. The van der Waals surface area contributed by atoms with Crippen LogP contribution < -0.4 is 10.6 Å². The van der Waals surface area contributed by atoms with E-state index in [1.165, 1.54) is 30.6 Å². The monoisotopic (exact) mass is 406 g/mol. The molecule has 1 saturated heterocycles. The molecule has 8 heteroatoms. The minimum atomic E-state index is -0.103. The van der Waals surface area contributed by atoms with Crippen LogP contribution in [0.2, 0.25) is 0 Å². The Morgan fingerprint density at radius 3 is 2.50 bits per heavy atom. The number of nitrogens with one attached hydrogen (secondary N) is 2. The van der Waals surface area contributed by atoms with Gasteiger partial charge in [-0.25, -0.2) is 4.98 Å². The van der Waals surface area contributed by atoms with Crippen LogP contribution in [0, 0.1) is 18.8 Å². The normalized spacial score (nSPS) is 18.7. The molecular formula is C20H30N4O3S. The molecule has 7 nitrogen and oxygen atoms in total. The molecule has 0 unspecified atom stereocenters. The standard InChI is InChI=1S/C20H30N4O3S/c1-14-13-28-20(22-14)23-19(27)16-7-9-24(10-8-16)18(26)12-21-17(25)11-15-5-3-2-4-6-15/h13,15-16H,2-12H2,1H3,(H,21,25)(H,22,23,27). The van der Waals surface area contributed by atoms with Crippen LogP contribution in [0.1, 0.15) is 57.1 Å². The number of rotatable bonds is 6. The number of carbonyl (C=O) groups excluding carboxylic acids is 3. The number of anilines is 1. The average Bonchev–Trinajstić information content (AvgIpc) is 3.11. The van der Waals surface area contributed by atoms with Crippen LogP contribution in [0.15, 0.2) is 5.38 Å². The van der Waals surface area contributed by atoms with Gasteiger partial charge in [0, 0.05) is 30.8 Å². The summed E-state index contributed by atoms with van der Waals surface area (Å²) in [6, 6.07) is 0. The van der Waals surface area contributed by atoms with Gasteiger partial charge in [-0.2, -0.15) is 0 Å². The highest BCUT2D eigenvalue weighted by molar-refractivity contribution is 7.13. The van der Waals surface area contributed by atoms with Crippen LogP contribution in [0.25, 0.3) is 0 Å². The number of carbonyl (C=O) groups is 3. The first-order valence-electron chi connectivity index (χ1n) is 10.3. The van der Waals surface area contributed by atoms with Crippen LogP contribution >= 0.6 is 11.3 Å². The highest BCUT2D eigenvalue weighted by Crippen LogP contribution is 2.26. The molecule has 0 radical (unpaired) electrons. The van der Waals surface area contributed by atoms with E-state index in [1.54, 1.807) is 4.90 Å². The Kier molecular flexibility index (Phi) is 7.42. The first kappa shape index (κ1) is 20.8. The fourth-order valence-electron chi connectivity index (χ4n) is 4.02. The molecule has 154 valence electrons. The summed E-state index contributed by atoms with van der Waals surface area (Å²) in [5.74, 6) is 0.260. The molecule has 1 aliphatic carbocycles. The van der Waals surface area contributed by atoms with Gasteiger partial charge in [0.2, 0.25) is 17.7 Å². The Hall–Kier alpha value is -1.96. The number of aromatic nitrogens is 1. The largest absolute Gasteiger partial charge is 0.347 e. The van der Waals surface area contributed by atoms with Crippen molar-refractivity contribution in [2.24, 2.45) is 11.8 Å². The molecule has 2 N–H and O–H groups in total. The van der Waals surface area contributed by atoms with Gasteiger partial charge in [0.05, 0.1) is 12.2 Å². The van der Waals surface area contributed by atoms with Crippen molar-refractivity contribution in [3.8, 4) is 0 Å². The van der Waals surface area contributed by atoms with Crippen LogP contribution in [-0.2, 0) is 14.4 Å². The summed E-state index contributed by atoms with van der Waals surface area (Å²) in [5.41, 5.74) is 0.895. The van der Waals surface area contributed by atoms with Gasteiger partial charge in [-0.1, -0.05) is 19.3 Å². The Balaban J connectivity index is 1.35. The van der Waals surface area contributed by atoms with Gasteiger partial charge in [0.1, 0.15) is 0 Å². The maximum absolute atomic E-state index is 12.4. The smallest absolute Gasteiger partial charge is 0.241 e. The number of likely N-dealkylation sites (tertiary alicyclic amines) is 1. The van der Waals surface area contributed by atoms with Gasteiger partial charge < -0.3 is 15.5 Å². The van der Waals surface area contributed by atoms with E-state index in [1.807, 2.05) is 12.3 Å². The van der Waals surface area contributed by atoms with E-state index in [2.05, 4.69) is 15.6 Å². The zero-order valence-electron chi connectivity index (χ0n) is 16.5. The summed E-state index contributed by atoms with van der Waals surface area (Å²) < 4.78 is 0. The fraction of sp³-hybridized carbons (Fsp3) is 0.700. The third-order valence-corrected chi connectivity index (χ3v) is 6.58. The van der Waals surface area contributed by atoms with Crippen molar-refractivity contribution in [3.05, 3.63) is 11.1 Å². The predicted octanol–water partition coefficient (Wildman–Crippen LogP) is 2.72. The number of aryl methyl sites for hydroxylation is 1. The molecule has 3 rings (SSSR count). The predicted molar refractivity (Wildman–Crippen MR) is 109 cm³/mol. The van der Waals surface area contributed by atoms with E-state index in [-0.39, 0.29) is 30.2 Å². The van der Waals surface area contributed by atoms with Gasteiger partial charge in [0.15, 0.2) is 5.13 Å². The number of hydrogen-bond donors (Lipinski definition) is 2. The molecule has 1 aromatic rings. The Morgan fingerprint density at radius 1 is 1.14 bits per heavy atom. The summed E-state index contributed by atoms with van der Waals surface area (Å²) in [6.45, 7) is 3.05. The average molecular weight is 407 g/mol. The molecule has 0 aromatic carbocycles. The summed E-state index contributed by atoms with van der Waals surface area (Å²) in [4.78, 5) is 42.8. The minimum Gasteiger partial charge on any atom is -0.347 e. The van der Waals surface area contributed by atoms with Crippen molar-refractivity contribution >= 4 is 34.2 Å². The molecule has 0 spiro atoms. The van der Waals surface area contributed by atoms with Crippen LogP contribution in [0.5, 0.6) is 0 Å². The summed E-state index contributed by atoms with van der Waals surface area (Å²) in [7, 11) is 0. The van der Waals surface area contributed by atoms with Gasteiger partial charge in [0.25, 0.3) is 0 Å². The van der Waals surface area contributed by atoms with Crippen molar-refractivity contribution in [2.75, 3.05) is 25.0 Å². The van der Waals surface area contributed by atoms with Crippen LogP contribution in [-0.4, -0.2) is 47.2 Å². The molecule has 2 aliphatic rings. The van der Waals surface area contributed by atoms with Gasteiger partial charge >= 0.3 is 0 Å². The molecule has 28 heavy (non-hydrogen) atoms. The zero-order valence-corrected chi connectivity index (χ0v) is 17.4. The summed E-state index contributed by atoms with van der Waals surface area (Å²) >= 11 is 1.42. The molecule has 2 fully saturated rings. The van der Waals surface area contributed by atoms with E-state index >= 15 is 0 Å². The van der Waals surface area contributed by atoms with E-state index in [0.717, 1.165) is 18.5 Å². The molecule has 2 heterocycles. The molecule has 1 saturated carbocycles. The molecule has 3 amide bonds. The number of piperidine rings is 1. The molecule has 1 aliphatic heterocycles. The van der Waals surface area contributed by atoms with Gasteiger partial charge in [-0.3, -0.25) is 14.4 Å². The second kappa shape index (κ2) is 10.0. The highest BCUT2D eigenvalue weighted by atomic mass is 32.1. The van der Waals surface area contributed by atoms with E-state index < -0.39 is 0 Å². The third-order valence-electron chi connectivity index (χ3n) is 5.70. The maximum atomic E-state index is 12.4. The Morgan fingerprint density at radius 2 is 1.86 bits per heavy atom. The first-order chi connectivity index (χ1) is 13.5. The zero-order chi connectivity index (χ0) is 19.9. The van der Waals surface area contributed by atoms with Crippen molar-refractivity contribution in [1.82, 2.24) is 15.2 Å². The van der Waals surface area contributed by atoms with Crippen LogP contribution in [0.4, 0.5) is 5.13 Å². The highest BCUT2D eigenvalue weighted by Gasteiger charge is 2.28. The van der Waals surface area contributed by atoms with Crippen LogP contribution in [0.3, 0.4) is 0 Å². The van der Waals surface area contributed by atoms with E-state index in [4.69, 9.17) is 0 Å². The molecule has 0 bridgehead atoms. The quantitative estimate of drug-likeness (QED) is 0.760. The molecule has 0 atom stereocenters. The Labute approximate surface area is 170 Å². The fourth-order valence-corrected chi connectivity index (χ4v) is 4.71. The second-order valence-electron chi connectivity index (χ2n) is 7.92. The summed E-state index contributed by atoms with van der Waals surface area (Å²) in [5, 5.41) is 8.17. The van der Waals surface area contributed by atoms with Crippen molar-refractivity contribution in [2.45, 2.75) is 58.3 Å². The molecular weight excluding hydrogens is 376 g/mol. The molecule has 1 aromatic heterocycles. The number of hydrogen-bond acceptors (Lipinski definition) is 5.